The molecule has 0 aliphatic carbocycles. The number of anilines is 1. The summed E-state index contributed by atoms with van der Waals surface area (Å²) in [6.45, 7) is 0. The molecule has 2 rings (SSSR count). The van der Waals surface area contributed by atoms with Gasteiger partial charge in [-0.2, -0.15) is 0 Å². The van der Waals surface area contributed by atoms with Gasteiger partial charge in [-0.3, -0.25) is 9.59 Å². The summed E-state index contributed by atoms with van der Waals surface area (Å²) in [7, 11) is 1.69. The zero-order chi connectivity index (χ0) is 17.7. The monoisotopic (exact) mass is 365 g/mol. The van der Waals surface area contributed by atoms with Crippen LogP contribution in [0.5, 0.6) is 0 Å². The van der Waals surface area contributed by atoms with Crippen LogP contribution in [-0.4, -0.2) is 24.0 Å². The topological polar surface area (TPSA) is 57.6 Å². The third-order valence-electron chi connectivity index (χ3n) is 3.75. The fourth-order valence-electron chi connectivity index (χ4n) is 2.36. The Kier molecular flexibility index (Phi) is 6.23. The van der Waals surface area contributed by atoms with Crippen LogP contribution in [0.4, 0.5) is 5.69 Å². The first kappa shape index (κ1) is 18.3. The van der Waals surface area contributed by atoms with E-state index in [4.69, 9.17) is 28.3 Å². The molecule has 0 radical (unpaired) electrons. The fraction of sp³-hybridized carbons (Fsp3) is 0.222. The molecule has 0 bridgehead atoms. The minimum atomic E-state index is -0.903. The Morgan fingerprint density at radius 1 is 1.08 bits per heavy atom. The molecule has 0 fully saturated rings. The molecule has 1 amide bonds. The van der Waals surface area contributed by atoms with Gasteiger partial charge < -0.3 is 10.0 Å². The molecule has 24 heavy (non-hydrogen) atoms. The molecule has 2 aromatic rings. The quantitative estimate of drug-likeness (QED) is 0.833. The van der Waals surface area contributed by atoms with E-state index in [0.717, 1.165) is 11.3 Å². The SMILES string of the molecule is CN(C(=O)Cc1c(CCC(=O)O)ccc(Cl)c1Cl)c1ccccc1. The summed E-state index contributed by atoms with van der Waals surface area (Å²) >= 11 is 12.3. The maximum atomic E-state index is 12.6. The van der Waals surface area contributed by atoms with E-state index >= 15 is 0 Å². The summed E-state index contributed by atoms with van der Waals surface area (Å²) in [5.74, 6) is -1.05. The van der Waals surface area contributed by atoms with Crippen molar-refractivity contribution in [3.05, 3.63) is 63.6 Å². The lowest BCUT2D eigenvalue weighted by Gasteiger charge is -2.19. The Hall–Kier alpha value is -2.04. The fourth-order valence-corrected chi connectivity index (χ4v) is 2.79. The molecule has 4 nitrogen and oxygen atoms in total. The molecule has 126 valence electrons. The zero-order valence-electron chi connectivity index (χ0n) is 13.1. The number of carbonyl (C=O) groups is 2. The number of nitrogens with zero attached hydrogens (tertiary/aromatic N) is 1. The van der Waals surface area contributed by atoms with Crippen molar-refractivity contribution in [1.29, 1.82) is 0 Å². The van der Waals surface area contributed by atoms with Crippen LogP contribution in [0.3, 0.4) is 0 Å². The van der Waals surface area contributed by atoms with E-state index < -0.39 is 5.97 Å². The summed E-state index contributed by atoms with van der Waals surface area (Å²) in [6, 6.07) is 12.6. The molecule has 2 aromatic carbocycles. The number of para-hydroxylation sites is 1. The minimum Gasteiger partial charge on any atom is -0.481 e. The second-order valence-electron chi connectivity index (χ2n) is 5.36. The van der Waals surface area contributed by atoms with E-state index in [1.165, 1.54) is 4.90 Å². The summed E-state index contributed by atoms with van der Waals surface area (Å²) in [6.07, 6.45) is 0.317. The van der Waals surface area contributed by atoms with Crippen LogP contribution in [0.1, 0.15) is 17.5 Å². The van der Waals surface area contributed by atoms with Crippen molar-refractivity contribution in [2.75, 3.05) is 11.9 Å². The Morgan fingerprint density at radius 2 is 1.75 bits per heavy atom. The highest BCUT2D eigenvalue weighted by atomic mass is 35.5. The second-order valence-corrected chi connectivity index (χ2v) is 6.14. The Labute approximate surface area is 150 Å². The highest BCUT2D eigenvalue weighted by molar-refractivity contribution is 6.42. The third-order valence-corrected chi connectivity index (χ3v) is 4.59. The Bertz CT molecular complexity index is 747. The molecule has 0 aliphatic rings. The maximum Gasteiger partial charge on any atom is 0.303 e. The minimum absolute atomic E-state index is 0.0341. The van der Waals surface area contributed by atoms with E-state index in [1.54, 1.807) is 19.2 Å². The van der Waals surface area contributed by atoms with Crippen molar-refractivity contribution in [3.63, 3.8) is 0 Å². The van der Waals surface area contributed by atoms with Gasteiger partial charge in [0, 0.05) is 19.2 Å². The highest BCUT2D eigenvalue weighted by Gasteiger charge is 2.18. The molecule has 0 saturated carbocycles. The molecule has 0 aliphatic heterocycles. The molecule has 1 N–H and O–H groups in total. The largest absolute Gasteiger partial charge is 0.481 e. The second kappa shape index (κ2) is 8.18. The summed E-state index contributed by atoms with van der Waals surface area (Å²) in [5.41, 5.74) is 2.08. The van der Waals surface area contributed by atoms with Crippen LogP contribution in [0, 0.1) is 0 Å². The molecule has 6 heteroatoms. The number of carbonyl (C=O) groups excluding carboxylic acids is 1. The van der Waals surface area contributed by atoms with Gasteiger partial charge in [0.05, 0.1) is 16.5 Å². The van der Waals surface area contributed by atoms with E-state index in [-0.39, 0.29) is 18.7 Å². The van der Waals surface area contributed by atoms with Crippen LogP contribution in [-0.2, 0) is 22.4 Å². The lowest BCUT2D eigenvalue weighted by molar-refractivity contribution is -0.137. The van der Waals surface area contributed by atoms with Crippen LogP contribution < -0.4 is 4.90 Å². The molecular formula is C18H17Cl2NO3. The van der Waals surface area contributed by atoms with E-state index in [2.05, 4.69) is 0 Å². The zero-order valence-corrected chi connectivity index (χ0v) is 14.6. The number of hydrogen-bond acceptors (Lipinski definition) is 2. The van der Waals surface area contributed by atoms with E-state index in [1.807, 2.05) is 30.3 Å². The average Bonchev–Trinajstić information content (AvgIpc) is 2.58. The predicted molar refractivity (Wildman–Crippen MR) is 96.0 cm³/mol. The first-order valence-corrected chi connectivity index (χ1v) is 8.15. The van der Waals surface area contributed by atoms with Gasteiger partial charge in [0.2, 0.25) is 5.91 Å². The lowest BCUT2D eigenvalue weighted by Crippen LogP contribution is -2.28. The van der Waals surface area contributed by atoms with Crippen molar-refractivity contribution < 1.29 is 14.7 Å². The summed E-state index contributed by atoms with van der Waals surface area (Å²) < 4.78 is 0. The molecule has 0 unspecified atom stereocenters. The van der Waals surface area contributed by atoms with Crippen molar-refractivity contribution >= 4 is 40.8 Å². The van der Waals surface area contributed by atoms with Crippen molar-refractivity contribution in [1.82, 2.24) is 0 Å². The van der Waals surface area contributed by atoms with E-state index in [9.17, 15) is 9.59 Å². The normalized spacial score (nSPS) is 10.5. The number of carboxylic acid groups (broad SMARTS) is 1. The maximum absolute atomic E-state index is 12.6. The molecule has 0 spiro atoms. The van der Waals surface area contributed by atoms with Crippen LogP contribution in [0.15, 0.2) is 42.5 Å². The van der Waals surface area contributed by atoms with Gasteiger partial charge in [0.1, 0.15) is 0 Å². The number of carboxylic acids is 1. The summed E-state index contributed by atoms with van der Waals surface area (Å²) in [4.78, 5) is 24.9. The first-order chi connectivity index (χ1) is 11.4. The van der Waals surface area contributed by atoms with E-state index in [0.29, 0.717) is 22.0 Å². The number of amides is 1. The lowest BCUT2D eigenvalue weighted by atomic mass is 9.99. The number of aryl methyl sites for hydroxylation is 1. The average molecular weight is 366 g/mol. The van der Waals surface area contributed by atoms with Crippen molar-refractivity contribution in [2.24, 2.45) is 0 Å². The number of likely N-dealkylation sites (N-methyl/N-ethyl adjacent to an activating group) is 1. The standard InChI is InChI=1S/C18H17Cl2NO3/c1-21(13-5-3-2-4-6-13)16(22)11-14-12(8-10-17(23)24)7-9-15(19)18(14)20/h2-7,9H,8,10-11H2,1H3,(H,23,24). The number of aliphatic carboxylic acids is 1. The highest BCUT2D eigenvalue weighted by Crippen LogP contribution is 2.30. The Balaban J connectivity index is 2.25. The third kappa shape index (κ3) is 4.49. The van der Waals surface area contributed by atoms with Crippen molar-refractivity contribution in [2.45, 2.75) is 19.3 Å². The van der Waals surface area contributed by atoms with Crippen molar-refractivity contribution in [3.8, 4) is 0 Å². The number of halogens is 2. The van der Waals surface area contributed by atoms with Gasteiger partial charge in [0.15, 0.2) is 0 Å². The Morgan fingerprint density at radius 3 is 2.38 bits per heavy atom. The van der Waals surface area contributed by atoms with Gasteiger partial charge in [-0.1, -0.05) is 47.5 Å². The molecule has 0 saturated heterocycles. The van der Waals surface area contributed by atoms with Crippen LogP contribution in [0.25, 0.3) is 0 Å². The number of rotatable bonds is 6. The molecule has 0 atom stereocenters. The predicted octanol–water partition coefficient (Wildman–Crippen LogP) is 4.22. The van der Waals surface area contributed by atoms with Crippen LogP contribution in [0.2, 0.25) is 10.0 Å². The van der Waals surface area contributed by atoms with Gasteiger partial charge >= 0.3 is 5.97 Å². The molecule has 0 heterocycles. The van der Waals surface area contributed by atoms with Gasteiger partial charge in [-0.05, 0) is 35.7 Å². The number of benzene rings is 2. The van der Waals surface area contributed by atoms with Gasteiger partial charge in [-0.15, -0.1) is 0 Å². The van der Waals surface area contributed by atoms with Crippen LogP contribution >= 0.6 is 23.2 Å². The number of hydrogen-bond donors (Lipinski definition) is 1. The molecular weight excluding hydrogens is 349 g/mol. The van der Waals surface area contributed by atoms with Gasteiger partial charge in [-0.25, -0.2) is 0 Å². The first-order valence-electron chi connectivity index (χ1n) is 7.39. The van der Waals surface area contributed by atoms with Gasteiger partial charge in [0.25, 0.3) is 0 Å². The smallest absolute Gasteiger partial charge is 0.303 e. The molecule has 0 aromatic heterocycles. The summed E-state index contributed by atoms with van der Waals surface area (Å²) in [5, 5.41) is 9.52.